The van der Waals surface area contributed by atoms with Crippen molar-refractivity contribution in [3.8, 4) is 0 Å². The molecule has 4 heterocycles. The van der Waals surface area contributed by atoms with Crippen molar-refractivity contribution in [2.75, 3.05) is 31.1 Å². The fourth-order valence-electron chi connectivity index (χ4n) is 5.29. The van der Waals surface area contributed by atoms with Crippen LogP contribution in [0.15, 0.2) is 11.5 Å². The monoisotopic (exact) mass is 506 g/mol. The Kier molecular flexibility index (Phi) is 7.14. The van der Waals surface area contributed by atoms with Crippen LogP contribution in [-0.4, -0.2) is 52.8 Å². The quantitative estimate of drug-likeness (QED) is 0.437. The highest BCUT2D eigenvalue weighted by atomic mass is 32.1. The van der Waals surface area contributed by atoms with Gasteiger partial charge < -0.3 is 4.90 Å². The van der Waals surface area contributed by atoms with Crippen molar-refractivity contribution in [2.24, 2.45) is 11.8 Å². The number of hydrogen-bond donors (Lipinski definition) is 0. The molecule has 0 unspecified atom stereocenters. The normalized spacial score (nSPS) is 24.9. The second kappa shape index (κ2) is 10.1. The van der Waals surface area contributed by atoms with E-state index < -0.39 is 5.92 Å². The molecule has 0 aromatic carbocycles. The summed E-state index contributed by atoms with van der Waals surface area (Å²) in [5, 5.41) is 3.77. The number of halogens is 2. The lowest BCUT2D eigenvalue weighted by molar-refractivity contribution is -0.115. The number of allylic oxidation sites excluding steroid dienone is 1. The number of carbonyl (C=O) groups is 1. The molecule has 0 radical (unpaired) electrons. The van der Waals surface area contributed by atoms with Crippen LogP contribution in [0, 0.1) is 18.8 Å². The van der Waals surface area contributed by atoms with Gasteiger partial charge in [0.25, 0.3) is 5.92 Å². The minimum atomic E-state index is -2.55. The molecule has 2 aromatic heterocycles. The van der Waals surface area contributed by atoms with E-state index in [0.29, 0.717) is 12.3 Å². The van der Waals surface area contributed by atoms with Gasteiger partial charge in [-0.1, -0.05) is 12.8 Å². The van der Waals surface area contributed by atoms with Crippen LogP contribution >= 0.6 is 22.7 Å². The van der Waals surface area contributed by atoms with Gasteiger partial charge in [-0.3, -0.25) is 9.69 Å². The first-order valence-corrected chi connectivity index (χ1v) is 14.0. The summed E-state index contributed by atoms with van der Waals surface area (Å²) in [5.41, 5.74) is 1.96. The predicted molar refractivity (Wildman–Crippen MR) is 134 cm³/mol. The molecule has 1 aliphatic carbocycles. The second-order valence-corrected chi connectivity index (χ2v) is 12.2. The molecule has 2 fully saturated rings. The fourth-order valence-corrected chi connectivity index (χ4v) is 6.93. The van der Waals surface area contributed by atoms with Crippen molar-refractivity contribution < 1.29 is 13.6 Å². The number of aromatic nitrogens is 2. The van der Waals surface area contributed by atoms with Gasteiger partial charge in [0.05, 0.1) is 29.5 Å². The highest BCUT2D eigenvalue weighted by molar-refractivity contribution is 7.15. The Morgan fingerprint density at radius 1 is 1.21 bits per heavy atom. The highest BCUT2D eigenvalue weighted by Crippen LogP contribution is 2.38. The van der Waals surface area contributed by atoms with Crippen molar-refractivity contribution in [1.29, 1.82) is 0 Å². The lowest BCUT2D eigenvalue weighted by atomic mass is 9.78. The minimum Gasteiger partial charge on any atom is -0.336 e. The maximum absolute atomic E-state index is 13.2. The van der Waals surface area contributed by atoms with E-state index in [9.17, 15) is 13.6 Å². The van der Waals surface area contributed by atoms with Gasteiger partial charge in [-0.2, -0.15) is 0 Å². The van der Waals surface area contributed by atoms with E-state index in [1.807, 2.05) is 18.4 Å². The van der Waals surface area contributed by atoms with E-state index in [2.05, 4.69) is 14.9 Å². The minimum absolute atomic E-state index is 0.195. The van der Waals surface area contributed by atoms with Crippen LogP contribution in [0.25, 0.3) is 6.08 Å². The maximum atomic E-state index is 13.2. The summed E-state index contributed by atoms with van der Waals surface area (Å²) >= 11 is 3.20. The number of alkyl halides is 2. The Morgan fingerprint density at radius 2 is 1.97 bits per heavy atom. The highest BCUT2D eigenvalue weighted by Gasteiger charge is 2.45. The van der Waals surface area contributed by atoms with E-state index in [-0.39, 0.29) is 18.9 Å². The van der Waals surface area contributed by atoms with Gasteiger partial charge in [0.1, 0.15) is 0 Å². The zero-order valence-corrected chi connectivity index (χ0v) is 21.3. The molecule has 0 N–H and O–H groups in total. The van der Waals surface area contributed by atoms with Crippen molar-refractivity contribution in [3.05, 3.63) is 32.7 Å². The van der Waals surface area contributed by atoms with Gasteiger partial charge in [0, 0.05) is 29.8 Å². The van der Waals surface area contributed by atoms with Crippen molar-refractivity contribution in [1.82, 2.24) is 14.9 Å². The summed E-state index contributed by atoms with van der Waals surface area (Å²) in [6, 6.07) is 0. The fraction of sp³-hybridized carbons (Fsp3) is 0.640. The molecule has 2 aromatic rings. The van der Waals surface area contributed by atoms with Gasteiger partial charge in [-0.15, -0.1) is 22.7 Å². The molecule has 0 spiro atoms. The molecule has 3 aliphatic rings. The number of nitrogens with zero attached hydrogens (tertiary/aromatic N) is 4. The Balaban J connectivity index is 1.01. The van der Waals surface area contributed by atoms with Crippen LogP contribution in [-0.2, 0) is 17.8 Å². The summed E-state index contributed by atoms with van der Waals surface area (Å²) in [7, 11) is 0. The molecule has 1 saturated heterocycles. The van der Waals surface area contributed by atoms with E-state index in [1.54, 1.807) is 33.6 Å². The Bertz CT molecular complexity index is 1030. The molecule has 9 heteroatoms. The number of anilines is 1. The molecule has 0 bridgehead atoms. The van der Waals surface area contributed by atoms with Crippen LogP contribution in [0.2, 0.25) is 0 Å². The molecular formula is C25H32F2N4OS2. The van der Waals surface area contributed by atoms with Gasteiger partial charge >= 0.3 is 0 Å². The third kappa shape index (κ3) is 5.91. The first kappa shape index (κ1) is 24.0. The summed E-state index contributed by atoms with van der Waals surface area (Å²) in [5.74, 6) is -1.11. The smallest absolute Gasteiger partial charge is 0.282 e. The largest absolute Gasteiger partial charge is 0.336 e. The van der Waals surface area contributed by atoms with Crippen molar-refractivity contribution in [3.63, 3.8) is 0 Å². The topological polar surface area (TPSA) is 49.3 Å². The molecule has 5 nitrogen and oxygen atoms in total. The number of aryl methyl sites for hydroxylation is 1. The number of carbonyl (C=O) groups excluding carboxylic acids is 1. The molecule has 34 heavy (non-hydrogen) atoms. The Hall–Kier alpha value is -1.71. The third-order valence-corrected chi connectivity index (χ3v) is 9.31. The second-order valence-electron chi connectivity index (χ2n) is 10.1. The lowest BCUT2D eigenvalue weighted by Gasteiger charge is -2.38. The van der Waals surface area contributed by atoms with Crippen LogP contribution in [0.4, 0.5) is 13.9 Å². The number of hydrogen-bond acceptors (Lipinski definition) is 7. The molecule has 0 amide bonds. The maximum Gasteiger partial charge on any atom is 0.282 e. The first-order valence-electron chi connectivity index (χ1n) is 12.3. The molecule has 184 valence electrons. The van der Waals surface area contributed by atoms with E-state index >= 15 is 0 Å². The van der Waals surface area contributed by atoms with E-state index in [1.165, 1.54) is 24.1 Å². The SMILES string of the molecule is Cc1nc(/C=C/C(=O)CC2CCC(CCN3CCc4sc(N5CC(F)(F)C5)nc4C3)CC2)cs1. The average molecular weight is 507 g/mol. The van der Waals surface area contributed by atoms with Crippen LogP contribution < -0.4 is 4.90 Å². The molecule has 2 aliphatic heterocycles. The van der Waals surface area contributed by atoms with Gasteiger partial charge in [0.15, 0.2) is 10.9 Å². The number of rotatable bonds is 8. The standard InChI is InChI=1S/C25H32F2N4OS2/c1-17-28-20(14-33-17)6-7-21(32)12-19-4-2-18(3-5-19)8-10-30-11-9-23-22(13-30)29-24(34-23)31-15-25(26,27)16-31/h6-7,14,18-19H,2-5,8-13,15-16H2,1H3/b7-6+. The summed E-state index contributed by atoms with van der Waals surface area (Å²) < 4.78 is 26.4. The number of thiazole rings is 2. The summed E-state index contributed by atoms with van der Waals surface area (Å²) in [6.45, 7) is 4.51. The zero-order valence-electron chi connectivity index (χ0n) is 19.6. The Labute approximate surface area is 207 Å². The van der Waals surface area contributed by atoms with Gasteiger partial charge in [0.2, 0.25) is 0 Å². The van der Waals surface area contributed by atoms with E-state index in [4.69, 9.17) is 0 Å². The first-order chi connectivity index (χ1) is 16.3. The molecule has 1 saturated carbocycles. The zero-order chi connectivity index (χ0) is 23.7. The molecular weight excluding hydrogens is 474 g/mol. The average Bonchev–Trinajstić information content (AvgIpc) is 3.41. The van der Waals surface area contributed by atoms with Crippen molar-refractivity contribution >= 4 is 39.7 Å². The number of ketones is 1. The van der Waals surface area contributed by atoms with Crippen molar-refractivity contribution in [2.45, 2.75) is 64.3 Å². The molecule has 0 atom stereocenters. The molecule has 5 rings (SSSR count). The summed E-state index contributed by atoms with van der Waals surface area (Å²) in [4.78, 5) is 26.8. The summed E-state index contributed by atoms with van der Waals surface area (Å²) in [6.07, 6.45) is 11.0. The van der Waals surface area contributed by atoms with E-state index in [0.717, 1.165) is 66.3 Å². The van der Waals surface area contributed by atoms with Crippen LogP contribution in [0.5, 0.6) is 0 Å². The predicted octanol–water partition coefficient (Wildman–Crippen LogP) is 5.59. The van der Waals surface area contributed by atoms with Gasteiger partial charge in [-0.05, 0) is 63.1 Å². The van der Waals surface area contributed by atoms with Gasteiger partial charge in [-0.25, -0.2) is 18.7 Å². The lowest BCUT2D eigenvalue weighted by Crippen LogP contribution is -2.56. The van der Waals surface area contributed by atoms with Crippen LogP contribution in [0.3, 0.4) is 0 Å². The Morgan fingerprint density at radius 3 is 2.68 bits per heavy atom. The number of fused-ring (bicyclic) bond motifs is 1. The third-order valence-electron chi connectivity index (χ3n) is 7.30. The van der Waals surface area contributed by atoms with Crippen LogP contribution in [0.1, 0.15) is 59.8 Å².